The summed E-state index contributed by atoms with van der Waals surface area (Å²) in [5.74, 6) is 1.27. The van der Waals surface area contributed by atoms with Gasteiger partial charge in [-0.05, 0) is 47.1 Å². The van der Waals surface area contributed by atoms with E-state index in [1.807, 2.05) is 25.2 Å². The molecule has 1 aromatic carbocycles. The number of rotatable bonds is 3. The van der Waals surface area contributed by atoms with E-state index < -0.39 is 0 Å². The van der Waals surface area contributed by atoms with Gasteiger partial charge >= 0.3 is 0 Å². The van der Waals surface area contributed by atoms with Gasteiger partial charge in [-0.3, -0.25) is 4.68 Å². The van der Waals surface area contributed by atoms with Gasteiger partial charge in [-0.25, -0.2) is 0 Å². The lowest BCUT2D eigenvalue weighted by Crippen LogP contribution is -2.02. The first kappa shape index (κ1) is 14.7. The molecular weight excluding hydrogens is 373 g/mol. The fourth-order valence-corrected chi connectivity index (χ4v) is 2.58. The van der Waals surface area contributed by atoms with Gasteiger partial charge in [0.1, 0.15) is 5.82 Å². The predicted octanol–water partition coefficient (Wildman–Crippen LogP) is 4.13. The van der Waals surface area contributed by atoms with Crippen molar-refractivity contribution in [2.24, 2.45) is 13.0 Å². The topological polar surface area (TPSA) is 43.8 Å². The SMILES string of the molecule is CC(C)Cc1c(-c2ccc(I)c(Cl)c2)nn(C)c1N. The zero-order valence-electron chi connectivity index (χ0n) is 11.2. The highest BCUT2D eigenvalue weighted by molar-refractivity contribution is 14.1. The minimum atomic E-state index is 0.532. The lowest BCUT2D eigenvalue weighted by molar-refractivity contribution is 0.648. The molecule has 1 heterocycles. The third kappa shape index (κ3) is 3.05. The molecule has 0 fully saturated rings. The Morgan fingerprint density at radius 1 is 1.42 bits per heavy atom. The van der Waals surface area contributed by atoms with Crippen LogP contribution >= 0.6 is 34.2 Å². The molecule has 0 spiro atoms. The monoisotopic (exact) mass is 389 g/mol. The smallest absolute Gasteiger partial charge is 0.125 e. The Balaban J connectivity index is 2.54. The van der Waals surface area contributed by atoms with Crippen LogP contribution in [0.15, 0.2) is 18.2 Å². The van der Waals surface area contributed by atoms with Crippen molar-refractivity contribution in [1.29, 1.82) is 0 Å². The van der Waals surface area contributed by atoms with E-state index in [9.17, 15) is 0 Å². The third-order valence-electron chi connectivity index (χ3n) is 3.00. The van der Waals surface area contributed by atoms with Crippen molar-refractivity contribution >= 4 is 40.0 Å². The highest BCUT2D eigenvalue weighted by Gasteiger charge is 2.17. The molecule has 102 valence electrons. The van der Waals surface area contributed by atoms with Crippen LogP contribution in [0.5, 0.6) is 0 Å². The van der Waals surface area contributed by atoms with Gasteiger partial charge in [-0.2, -0.15) is 5.10 Å². The normalized spacial score (nSPS) is 11.3. The number of nitrogen functional groups attached to an aromatic ring is 1. The Labute approximate surface area is 132 Å². The summed E-state index contributed by atoms with van der Waals surface area (Å²) in [6, 6.07) is 6.00. The summed E-state index contributed by atoms with van der Waals surface area (Å²) in [5.41, 5.74) is 9.19. The van der Waals surface area contributed by atoms with E-state index in [1.54, 1.807) is 4.68 Å². The standard InChI is InChI=1S/C14H17ClIN3/c1-8(2)6-10-13(18-19(3)14(10)17)9-4-5-12(16)11(15)7-9/h4-5,7-8H,6,17H2,1-3H3. The highest BCUT2D eigenvalue weighted by Crippen LogP contribution is 2.31. The van der Waals surface area contributed by atoms with E-state index in [0.717, 1.165) is 37.7 Å². The number of hydrogen-bond acceptors (Lipinski definition) is 2. The lowest BCUT2D eigenvalue weighted by atomic mass is 9.99. The molecule has 0 aliphatic carbocycles. The van der Waals surface area contributed by atoms with Crippen molar-refractivity contribution in [1.82, 2.24) is 9.78 Å². The maximum atomic E-state index is 6.20. The van der Waals surface area contributed by atoms with Crippen LogP contribution in [0.4, 0.5) is 5.82 Å². The summed E-state index contributed by atoms with van der Waals surface area (Å²) in [5, 5.41) is 5.28. The number of aryl methyl sites for hydroxylation is 1. The molecule has 1 aromatic heterocycles. The van der Waals surface area contributed by atoms with Crippen molar-refractivity contribution < 1.29 is 0 Å². The number of benzene rings is 1. The van der Waals surface area contributed by atoms with Crippen LogP contribution in [0, 0.1) is 9.49 Å². The van der Waals surface area contributed by atoms with E-state index in [0.29, 0.717) is 5.92 Å². The van der Waals surface area contributed by atoms with E-state index in [1.165, 1.54) is 0 Å². The van der Waals surface area contributed by atoms with Crippen molar-refractivity contribution in [2.75, 3.05) is 5.73 Å². The molecule has 0 atom stereocenters. The van der Waals surface area contributed by atoms with Gasteiger partial charge < -0.3 is 5.73 Å². The summed E-state index contributed by atoms with van der Waals surface area (Å²) in [6.45, 7) is 4.36. The Morgan fingerprint density at radius 2 is 2.11 bits per heavy atom. The zero-order chi connectivity index (χ0) is 14.2. The fraction of sp³-hybridized carbons (Fsp3) is 0.357. The second-order valence-electron chi connectivity index (χ2n) is 5.06. The number of anilines is 1. The predicted molar refractivity (Wildman–Crippen MR) is 89.3 cm³/mol. The molecule has 0 saturated carbocycles. The van der Waals surface area contributed by atoms with Crippen molar-refractivity contribution in [2.45, 2.75) is 20.3 Å². The molecule has 0 unspecified atom stereocenters. The van der Waals surface area contributed by atoms with Gasteiger partial charge in [0.15, 0.2) is 0 Å². The Bertz CT molecular complexity index is 605. The molecule has 0 aliphatic heterocycles. The van der Waals surface area contributed by atoms with Gasteiger partial charge in [0.2, 0.25) is 0 Å². The molecule has 2 N–H and O–H groups in total. The van der Waals surface area contributed by atoms with Crippen molar-refractivity contribution in [3.8, 4) is 11.3 Å². The number of nitrogens with zero attached hydrogens (tertiary/aromatic N) is 2. The summed E-state index contributed by atoms with van der Waals surface area (Å²) < 4.78 is 2.77. The van der Waals surface area contributed by atoms with Crippen molar-refractivity contribution in [3.05, 3.63) is 32.4 Å². The molecule has 5 heteroatoms. The van der Waals surface area contributed by atoms with Crippen LogP contribution in [-0.4, -0.2) is 9.78 Å². The Hall–Kier alpha value is -0.750. The average Bonchev–Trinajstić information content (AvgIpc) is 2.60. The number of aromatic nitrogens is 2. The minimum absolute atomic E-state index is 0.532. The molecule has 3 nitrogen and oxygen atoms in total. The average molecular weight is 390 g/mol. The lowest BCUT2D eigenvalue weighted by Gasteiger charge is -2.07. The van der Waals surface area contributed by atoms with Gasteiger partial charge in [0.05, 0.1) is 10.7 Å². The summed E-state index contributed by atoms with van der Waals surface area (Å²) in [4.78, 5) is 0. The molecular formula is C14H17ClIN3. The molecule has 2 rings (SSSR count). The number of halogens is 2. The van der Waals surface area contributed by atoms with Crippen LogP contribution in [-0.2, 0) is 13.5 Å². The van der Waals surface area contributed by atoms with Crippen LogP contribution in [0.25, 0.3) is 11.3 Å². The van der Waals surface area contributed by atoms with E-state index in [2.05, 4.69) is 41.5 Å². The van der Waals surface area contributed by atoms with Crippen LogP contribution in [0.2, 0.25) is 5.02 Å². The summed E-state index contributed by atoms with van der Waals surface area (Å²) >= 11 is 8.41. The molecule has 0 radical (unpaired) electrons. The second kappa shape index (κ2) is 5.71. The molecule has 0 bridgehead atoms. The summed E-state index contributed by atoms with van der Waals surface area (Å²) in [6.07, 6.45) is 0.915. The first-order valence-electron chi connectivity index (χ1n) is 6.17. The van der Waals surface area contributed by atoms with Gasteiger partial charge in [-0.15, -0.1) is 0 Å². The summed E-state index contributed by atoms with van der Waals surface area (Å²) in [7, 11) is 1.87. The highest BCUT2D eigenvalue weighted by atomic mass is 127. The zero-order valence-corrected chi connectivity index (χ0v) is 14.2. The molecule has 19 heavy (non-hydrogen) atoms. The third-order valence-corrected chi connectivity index (χ3v) is 4.57. The first-order valence-corrected chi connectivity index (χ1v) is 7.62. The quantitative estimate of drug-likeness (QED) is 0.802. The largest absolute Gasteiger partial charge is 0.384 e. The maximum Gasteiger partial charge on any atom is 0.125 e. The molecule has 0 amide bonds. The van der Waals surface area contributed by atoms with Crippen LogP contribution in [0.1, 0.15) is 19.4 Å². The Morgan fingerprint density at radius 3 is 2.68 bits per heavy atom. The Kier molecular flexibility index (Phi) is 4.40. The van der Waals surface area contributed by atoms with E-state index >= 15 is 0 Å². The van der Waals surface area contributed by atoms with Crippen LogP contribution < -0.4 is 5.73 Å². The van der Waals surface area contributed by atoms with Crippen LogP contribution in [0.3, 0.4) is 0 Å². The molecule has 0 saturated heterocycles. The number of hydrogen-bond donors (Lipinski definition) is 1. The van der Waals surface area contributed by atoms with E-state index in [4.69, 9.17) is 17.3 Å². The fourth-order valence-electron chi connectivity index (χ4n) is 2.07. The molecule has 2 aromatic rings. The van der Waals surface area contributed by atoms with Gasteiger partial charge in [0, 0.05) is 21.7 Å². The molecule has 0 aliphatic rings. The number of nitrogens with two attached hydrogens (primary N) is 1. The van der Waals surface area contributed by atoms with E-state index in [-0.39, 0.29) is 0 Å². The first-order chi connectivity index (χ1) is 8.90. The van der Waals surface area contributed by atoms with Gasteiger partial charge in [0.25, 0.3) is 0 Å². The minimum Gasteiger partial charge on any atom is -0.384 e. The maximum absolute atomic E-state index is 6.20. The second-order valence-corrected chi connectivity index (χ2v) is 6.63. The van der Waals surface area contributed by atoms with Gasteiger partial charge in [-0.1, -0.05) is 31.5 Å². The van der Waals surface area contributed by atoms with Crippen molar-refractivity contribution in [3.63, 3.8) is 0 Å².